The predicted molar refractivity (Wildman–Crippen MR) is 210 cm³/mol. The highest BCUT2D eigenvalue weighted by molar-refractivity contribution is 5.80. The summed E-state index contributed by atoms with van der Waals surface area (Å²) in [6.45, 7) is 0. The van der Waals surface area contributed by atoms with Crippen molar-refractivity contribution in [3.8, 4) is 0 Å². The van der Waals surface area contributed by atoms with E-state index in [1.165, 1.54) is 113 Å². The third-order valence-corrected chi connectivity index (χ3v) is 14.2. The molecule has 0 spiro atoms. The van der Waals surface area contributed by atoms with E-state index in [4.69, 9.17) is 0 Å². The van der Waals surface area contributed by atoms with E-state index in [2.05, 4.69) is 107 Å². The molecular formula is C48H56N2. The van der Waals surface area contributed by atoms with Gasteiger partial charge < -0.3 is 9.80 Å². The van der Waals surface area contributed by atoms with Crippen LogP contribution in [0.2, 0.25) is 0 Å². The third kappa shape index (κ3) is 5.34. The van der Waals surface area contributed by atoms with E-state index in [0.717, 1.165) is 18.3 Å². The lowest BCUT2D eigenvalue weighted by atomic mass is 9.72. The monoisotopic (exact) mass is 660 g/mol. The topological polar surface area (TPSA) is 6.48 Å². The van der Waals surface area contributed by atoms with Crippen LogP contribution in [0.5, 0.6) is 0 Å². The minimum Gasteiger partial charge on any atom is -0.364 e. The van der Waals surface area contributed by atoms with Crippen molar-refractivity contribution in [1.29, 1.82) is 0 Å². The maximum atomic E-state index is 2.97. The fourth-order valence-corrected chi connectivity index (χ4v) is 11.9. The number of nitrogens with zero attached hydrogens (tertiary/aromatic N) is 2. The molecule has 9 aliphatic rings. The van der Waals surface area contributed by atoms with Crippen molar-refractivity contribution < 1.29 is 0 Å². The highest BCUT2D eigenvalue weighted by atomic mass is 15.2. The van der Waals surface area contributed by atoms with Gasteiger partial charge in [0, 0.05) is 46.9 Å². The standard InChI is InChI=1S/C48H56N2/c1-3-14-33(15-4-1)35-18-13-19-38(30-35)49-45-24-11-8-21-40(45)42-31-36(26-28-47(42)49)37-27-29-48-43(32-37)41-22-9-12-25-46(41)50(48)44-23-10-7-20-39(44)34-16-5-2-6-17-34/h3,7-10,14,18,21-22,26-34,39-40,43-45,48H,1-2,4-6,11-13,15-17,19-20,23-25H2. The molecule has 10 rings (SSSR count). The van der Waals surface area contributed by atoms with E-state index in [9.17, 15) is 0 Å². The summed E-state index contributed by atoms with van der Waals surface area (Å²) < 4.78 is 0. The van der Waals surface area contributed by atoms with Crippen LogP contribution in [0.25, 0.3) is 5.57 Å². The largest absolute Gasteiger partial charge is 0.364 e. The second-order valence-corrected chi connectivity index (χ2v) is 16.9. The molecule has 0 N–H and O–H groups in total. The summed E-state index contributed by atoms with van der Waals surface area (Å²) >= 11 is 0. The number of fused-ring (bicyclic) bond motifs is 5. The molecule has 2 aliphatic heterocycles. The van der Waals surface area contributed by atoms with Crippen molar-refractivity contribution in [1.82, 2.24) is 4.90 Å². The van der Waals surface area contributed by atoms with Gasteiger partial charge in [0.05, 0.1) is 6.04 Å². The summed E-state index contributed by atoms with van der Waals surface area (Å²) in [6.07, 6.45) is 53.6. The van der Waals surface area contributed by atoms with Crippen molar-refractivity contribution in [3.63, 3.8) is 0 Å². The van der Waals surface area contributed by atoms with Crippen LogP contribution < -0.4 is 4.90 Å². The van der Waals surface area contributed by atoms with E-state index in [0.29, 0.717) is 35.9 Å². The van der Waals surface area contributed by atoms with Crippen LogP contribution in [0.4, 0.5) is 5.69 Å². The minimum absolute atomic E-state index is 0.456. The Bertz CT molecular complexity index is 1780. The first-order valence-electron chi connectivity index (χ1n) is 20.7. The average Bonchev–Trinajstić information content (AvgIpc) is 3.71. The molecule has 7 atom stereocenters. The highest BCUT2D eigenvalue weighted by Gasteiger charge is 2.46. The van der Waals surface area contributed by atoms with E-state index < -0.39 is 0 Å². The van der Waals surface area contributed by atoms with Gasteiger partial charge in [0.15, 0.2) is 0 Å². The van der Waals surface area contributed by atoms with Crippen LogP contribution in [0.1, 0.15) is 120 Å². The van der Waals surface area contributed by atoms with Gasteiger partial charge in [0.2, 0.25) is 0 Å². The lowest BCUT2D eigenvalue weighted by molar-refractivity contribution is 0.0956. The normalized spacial score (nSPS) is 34.6. The van der Waals surface area contributed by atoms with Crippen molar-refractivity contribution in [2.24, 2.45) is 23.7 Å². The third-order valence-electron chi connectivity index (χ3n) is 14.2. The number of allylic oxidation sites excluding steroid dienone is 13. The lowest BCUT2D eigenvalue weighted by Gasteiger charge is -2.46. The molecule has 0 aromatic heterocycles. The minimum atomic E-state index is 0.456. The van der Waals surface area contributed by atoms with E-state index in [-0.39, 0.29) is 0 Å². The Balaban J connectivity index is 0.967. The maximum absolute atomic E-state index is 2.97. The number of rotatable bonds is 5. The summed E-state index contributed by atoms with van der Waals surface area (Å²) in [5.41, 5.74) is 12.2. The number of hydrogen-bond donors (Lipinski definition) is 0. The van der Waals surface area contributed by atoms with Gasteiger partial charge in [-0.25, -0.2) is 0 Å². The van der Waals surface area contributed by atoms with Gasteiger partial charge in [-0.15, -0.1) is 0 Å². The van der Waals surface area contributed by atoms with Crippen LogP contribution in [0.15, 0.2) is 120 Å². The fourth-order valence-electron chi connectivity index (χ4n) is 11.9. The molecule has 1 aromatic carbocycles. The zero-order valence-electron chi connectivity index (χ0n) is 30.1. The molecule has 0 bridgehead atoms. The van der Waals surface area contributed by atoms with E-state index in [1.807, 2.05) is 0 Å². The van der Waals surface area contributed by atoms with E-state index in [1.54, 1.807) is 28.1 Å². The molecule has 2 heterocycles. The van der Waals surface area contributed by atoms with Gasteiger partial charge in [-0.2, -0.15) is 0 Å². The molecule has 7 aliphatic carbocycles. The summed E-state index contributed by atoms with van der Waals surface area (Å²) in [7, 11) is 0. The molecule has 2 nitrogen and oxygen atoms in total. The molecule has 258 valence electrons. The molecular weight excluding hydrogens is 605 g/mol. The number of anilines is 1. The van der Waals surface area contributed by atoms with Gasteiger partial charge in [-0.05, 0) is 129 Å². The lowest BCUT2D eigenvalue weighted by Crippen LogP contribution is -2.47. The molecule has 2 heteroatoms. The van der Waals surface area contributed by atoms with Crippen LogP contribution in [-0.2, 0) is 0 Å². The first-order chi connectivity index (χ1) is 24.8. The molecule has 0 amide bonds. The van der Waals surface area contributed by atoms with Gasteiger partial charge in [0.25, 0.3) is 0 Å². The Kier molecular flexibility index (Phi) is 8.26. The zero-order chi connectivity index (χ0) is 33.0. The SMILES string of the molecule is C1=CC(C2=CCCC(N3c4ccc(C5=CC6C7=C(CCC=C7)N(C7CC=CCC7C7CCCCC7)C6C=C5)cc4C4C=CCCC43)=C2)CCC1. The summed E-state index contributed by atoms with van der Waals surface area (Å²) in [5.74, 6) is 3.25. The molecule has 7 unspecified atom stereocenters. The molecule has 0 radical (unpaired) electrons. The van der Waals surface area contributed by atoms with E-state index >= 15 is 0 Å². The quantitative estimate of drug-likeness (QED) is 0.290. The molecule has 1 fully saturated rings. The van der Waals surface area contributed by atoms with Crippen LogP contribution in [-0.4, -0.2) is 23.0 Å². The fraction of sp³-hybridized carbons (Fsp3) is 0.500. The first kappa shape index (κ1) is 31.2. The van der Waals surface area contributed by atoms with Crippen molar-refractivity contribution in [3.05, 3.63) is 131 Å². The van der Waals surface area contributed by atoms with Gasteiger partial charge in [-0.3, -0.25) is 0 Å². The average molecular weight is 661 g/mol. The number of benzene rings is 1. The van der Waals surface area contributed by atoms with Gasteiger partial charge in [0.1, 0.15) is 0 Å². The highest BCUT2D eigenvalue weighted by Crippen LogP contribution is 2.52. The van der Waals surface area contributed by atoms with Crippen molar-refractivity contribution in [2.45, 2.75) is 127 Å². The Hall–Kier alpha value is -3.52. The maximum Gasteiger partial charge on any atom is 0.0581 e. The molecule has 50 heavy (non-hydrogen) atoms. The second-order valence-electron chi connectivity index (χ2n) is 16.9. The van der Waals surface area contributed by atoms with Crippen LogP contribution >= 0.6 is 0 Å². The summed E-state index contributed by atoms with van der Waals surface area (Å²) in [5, 5.41) is 0. The Morgan fingerprint density at radius 1 is 0.680 bits per heavy atom. The Labute approximate surface area is 301 Å². The predicted octanol–water partition coefficient (Wildman–Crippen LogP) is 12.0. The summed E-state index contributed by atoms with van der Waals surface area (Å²) in [6, 6.07) is 9.19. The first-order valence-corrected chi connectivity index (χ1v) is 20.7. The van der Waals surface area contributed by atoms with Crippen LogP contribution in [0, 0.1) is 23.7 Å². The Morgan fingerprint density at radius 3 is 2.52 bits per heavy atom. The van der Waals surface area contributed by atoms with Crippen molar-refractivity contribution in [2.75, 3.05) is 4.90 Å². The number of hydrogen-bond acceptors (Lipinski definition) is 2. The second kappa shape index (κ2) is 13.2. The smallest absolute Gasteiger partial charge is 0.0581 e. The zero-order valence-corrected chi connectivity index (χ0v) is 30.1. The molecule has 1 aromatic rings. The van der Waals surface area contributed by atoms with Crippen molar-refractivity contribution >= 4 is 11.3 Å². The van der Waals surface area contributed by atoms with Gasteiger partial charge in [-0.1, -0.05) is 111 Å². The van der Waals surface area contributed by atoms with Crippen LogP contribution in [0.3, 0.4) is 0 Å². The summed E-state index contributed by atoms with van der Waals surface area (Å²) in [4.78, 5) is 5.76. The Morgan fingerprint density at radius 2 is 1.60 bits per heavy atom. The molecule has 1 saturated carbocycles. The van der Waals surface area contributed by atoms with Gasteiger partial charge >= 0.3 is 0 Å². The molecule has 0 saturated heterocycles.